The summed E-state index contributed by atoms with van der Waals surface area (Å²) in [6.07, 6.45) is 0.710. The number of methoxy groups -OCH3 is 1. The maximum Gasteiger partial charge on any atom is 0.269 e. The van der Waals surface area contributed by atoms with E-state index in [2.05, 4.69) is 39.0 Å². The number of fused-ring (bicyclic) bond motifs is 1. The van der Waals surface area contributed by atoms with Crippen LogP contribution in [0.25, 0.3) is 0 Å². The van der Waals surface area contributed by atoms with Gasteiger partial charge in [-0.25, -0.2) is 0 Å². The van der Waals surface area contributed by atoms with Crippen LogP contribution in [0.4, 0.5) is 11.4 Å². The molecule has 0 bridgehead atoms. The van der Waals surface area contributed by atoms with Crippen LogP contribution in [0.2, 0.25) is 0 Å². The summed E-state index contributed by atoms with van der Waals surface area (Å²) in [5.74, 6) is 0.629. The van der Waals surface area contributed by atoms with Crippen molar-refractivity contribution in [3.63, 3.8) is 0 Å². The number of nitro groups is 1. The summed E-state index contributed by atoms with van der Waals surface area (Å²) in [6, 6.07) is 21.9. The second-order valence-corrected chi connectivity index (χ2v) is 9.01. The first-order valence-electron chi connectivity index (χ1n) is 10.5. The molecule has 0 spiro atoms. The van der Waals surface area contributed by atoms with Crippen molar-refractivity contribution in [3.05, 3.63) is 99.6 Å². The van der Waals surface area contributed by atoms with Crippen molar-refractivity contribution >= 4 is 17.3 Å². The molecule has 0 aliphatic carbocycles. The fourth-order valence-corrected chi connectivity index (χ4v) is 4.96. The summed E-state index contributed by atoms with van der Waals surface area (Å²) in [5, 5.41) is 11.0. The minimum Gasteiger partial charge on any atom is -0.497 e. The first-order valence-corrected chi connectivity index (χ1v) is 10.5. The van der Waals surface area contributed by atoms with E-state index in [9.17, 15) is 14.9 Å². The van der Waals surface area contributed by atoms with Crippen molar-refractivity contribution < 1.29 is 14.5 Å². The number of non-ortho nitro benzene ring substituents is 1. The maximum absolute atomic E-state index is 13.6. The fourth-order valence-electron chi connectivity index (χ4n) is 4.96. The van der Waals surface area contributed by atoms with Crippen LogP contribution in [-0.4, -0.2) is 23.5 Å². The molecule has 6 heteroatoms. The van der Waals surface area contributed by atoms with Crippen molar-refractivity contribution in [3.8, 4) is 5.75 Å². The Labute approximate surface area is 187 Å². The molecular weight excluding hydrogens is 404 g/mol. The van der Waals surface area contributed by atoms with E-state index in [-0.39, 0.29) is 17.0 Å². The van der Waals surface area contributed by atoms with E-state index in [4.69, 9.17) is 4.74 Å². The largest absolute Gasteiger partial charge is 0.497 e. The zero-order chi connectivity index (χ0) is 23.1. The summed E-state index contributed by atoms with van der Waals surface area (Å²) >= 11 is 0. The molecule has 0 radical (unpaired) electrons. The van der Waals surface area contributed by atoms with Crippen molar-refractivity contribution in [1.29, 1.82) is 0 Å². The van der Waals surface area contributed by atoms with Gasteiger partial charge >= 0.3 is 0 Å². The number of anilines is 1. The minimum absolute atomic E-state index is 0.0352. The molecule has 3 aromatic rings. The average Bonchev–Trinajstić information content (AvgIpc) is 2.78. The van der Waals surface area contributed by atoms with E-state index in [1.165, 1.54) is 24.3 Å². The van der Waals surface area contributed by atoms with E-state index < -0.39 is 10.5 Å². The van der Waals surface area contributed by atoms with Gasteiger partial charge in [-0.15, -0.1) is 0 Å². The Bertz CT molecular complexity index is 1170. The third-order valence-electron chi connectivity index (χ3n) is 6.39. The van der Waals surface area contributed by atoms with E-state index in [0.29, 0.717) is 12.0 Å². The summed E-state index contributed by atoms with van der Waals surface area (Å²) in [6.45, 7) is 6.34. The molecule has 1 heterocycles. The van der Waals surface area contributed by atoms with Crippen LogP contribution < -0.4 is 9.64 Å². The summed E-state index contributed by atoms with van der Waals surface area (Å²) in [5.41, 5.74) is 2.66. The van der Waals surface area contributed by atoms with E-state index >= 15 is 0 Å². The zero-order valence-electron chi connectivity index (χ0n) is 18.7. The molecule has 0 fully saturated rings. The first kappa shape index (κ1) is 21.6. The topological polar surface area (TPSA) is 72.7 Å². The maximum atomic E-state index is 13.6. The highest BCUT2D eigenvalue weighted by atomic mass is 16.6. The lowest BCUT2D eigenvalue weighted by Gasteiger charge is -2.51. The predicted molar refractivity (Wildman–Crippen MR) is 124 cm³/mol. The number of carbonyl (C=O) groups excluding carboxylic acids is 1. The van der Waals surface area contributed by atoms with E-state index in [0.717, 1.165) is 22.6 Å². The smallest absolute Gasteiger partial charge is 0.269 e. The minimum atomic E-state index is -0.498. The normalized spacial score (nSPS) is 19.2. The Balaban J connectivity index is 1.81. The number of nitro benzene ring substituents is 1. The SMILES string of the molecule is COc1ccc([C@]2(C)CC(C)(C)N(C(=O)c3ccc([N+](=O)[O-])cc3)c3ccccc32)cc1. The number of benzene rings is 3. The molecule has 1 atom stereocenters. The van der Waals surface area contributed by atoms with Crippen molar-refractivity contribution in [1.82, 2.24) is 0 Å². The van der Waals surface area contributed by atoms with Gasteiger partial charge in [0.05, 0.1) is 12.0 Å². The second kappa shape index (κ2) is 7.79. The molecule has 32 heavy (non-hydrogen) atoms. The van der Waals surface area contributed by atoms with E-state index in [1.54, 1.807) is 7.11 Å². The van der Waals surface area contributed by atoms with Crippen LogP contribution in [0.5, 0.6) is 5.75 Å². The highest BCUT2D eigenvalue weighted by Crippen LogP contribution is 2.50. The molecule has 164 valence electrons. The molecule has 0 aromatic heterocycles. The Morgan fingerprint density at radius 3 is 2.19 bits per heavy atom. The number of para-hydroxylation sites is 1. The van der Waals surface area contributed by atoms with Gasteiger partial charge < -0.3 is 9.64 Å². The third kappa shape index (κ3) is 3.51. The Kier molecular flexibility index (Phi) is 5.25. The number of hydrogen-bond acceptors (Lipinski definition) is 4. The lowest BCUT2D eigenvalue weighted by molar-refractivity contribution is -0.384. The van der Waals surface area contributed by atoms with Gasteiger partial charge in [-0.05, 0) is 61.7 Å². The predicted octanol–water partition coefficient (Wildman–Crippen LogP) is 5.74. The van der Waals surface area contributed by atoms with Gasteiger partial charge in [0, 0.05) is 34.3 Å². The molecular formula is C26H26N2O4. The highest BCUT2D eigenvalue weighted by molar-refractivity contribution is 6.08. The second-order valence-electron chi connectivity index (χ2n) is 9.01. The van der Waals surface area contributed by atoms with Crippen LogP contribution in [0, 0.1) is 10.1 Å². The van der Waals surface area contributed by atoms with Gasteiger partial charge in [0.25, 0.3) is 11.6 Å². The molecule has 0 unspecified atom stereocenters. The van der Waals surface area contributed by atoms with Crippen LogP contribution >= 0.6 is 0 Å². The van der Waals surface area contributed by atoms with Crippen molar-refractivity contribution in [2.45, 2.75) is 38.1 Å². The Morgan fingerprint density at radius 1 is 0.969 bits per heavy atom. The molecule has 0 N–H and O–H groups in total. The monoisotopic (exact) mass is 430 g/mol. The highest BCUT2D eigenvalue weighted by Gasteiger charge is 2.47. The van der Waals surface area contributed by atoms with Gasteiger partial charge in [-0.1, -0.05) is 37.3 Å². The fraction of sp³-hybridized carbons (Fsp3) is 0.269. The van der Waals surface area contributed by atoms with Crippen LogP contribution in [0.3, 0.4) is 0 Å². The van der Waals surface area contributed by atoms with Gasteiger partial charge in [0.1, 0.15) is 5.75 Å². The van der Waals surface area contributed by atoms with Crippen LogP contribution in [0.1, 0.15) is 48.7 Å². The molecule has 3 aromatic carbocycles. The molecule has 4 rings (SSSR count). The molecule has 1 amide bonds. The van der Waals surface area contributed by atoms with Gasteiger partial charge in [0.15, 0.2) is 0 Å². The standard InChI is InChI=1S/C26H26N2O4/c1-25(2)17-26(3,19-11-15-21(32-4)16-12-19)22-7-5-6-8-23(22)27(25)24(29)18-9-13-20(14-10-18)28(30)31/h5-16H,17H2,1-4H3/t26-/m0/s1. The summed E-state index contributed by atoms with van der Waals surface area (Å²) < 4.78 is 5.33. The summed E-state index contributed by atoms with van der Waals surface area (Å²) in [7, 11) is 1.65. The number of carbonyl (C=O) groups is 1. The van der Waals surface area contributed by atoms with Gasteiger partial charge in [-0.2, -0.15) is 0 Å². The van der Waals surface area contributed by atoms with Crippen LogP contribution in [-0.2, 0) is 5.41 Å². The van der Waals surface area contributed by atoms with Gasteiger partial charge in [-0.3, -0.25) is 14.9 Å². The number of nitrogens with zero attached hydrogens (tertiary/aromatic N) is 2. The lowest BCUT2D eigenvalue weighted by atomic mass is 9.65. The van der Waals surface area contributed by atoms with E-state index in [1.807, 2.05) is 35.2 Å². The number of hydrogen-bond donors (Lipinski definition) is 0. The summed E-state index contributed by atoms with van der Waals surface area (Å²) in [4.78, 5) is 26.0. The van der Waals surface area contributed by atoms with Crippen molar-refractivity contribution in [2.75, 3.05) is 12.0 Å². The number of rotatable bonds is 4. The molecule has 6 nitrogen and oxygen atoms in total. The average molecular weight is 431 g/mol. The Hall–Kier alpha value is -3.67. The third-order valence-corrected chi connectivity index (χ3v) is 6.39. The number of amides is 1. The Morgan fingerprint density at radius 2 is 1.59 bits per heavy atom. The molecule has 1 aliphatic heterocycles. The first-order chi connectivity index (χ1) is 15.2. The van der Waals surface area contributed by atoms with Gasteiger partial charge in [0.2, 0.25) is 0 Å². The zero-order valence-corrected chi connectivity index (χ0v) is 18.7. The quantitative estimate of drug-likeness (QED) is 0.391. The number of ether oxygens (including phenoxy) is 1. The molecule has 1 aliphatic rings. The van der Waals surface area contributed by atoms with Crippen molar-refractivity contribution in [2.24, 2.45) is 0 Å². The molecule has 0 saturated carbocycles. The lowest BCUT2D eigenvalue weighted by Crippen LogP contribution is -2.55. The van der Waals surface area contributed by atoms with Crippen LogP contribution in [0.15, 0.2) is 72.8 Å². The molecule has 0 saturated heterocycles.